The normalized spacial score (nSPS) is 15.4. The standard InChI is InChI=1S/C23H23FN6O4S/c1-3-29(23-26-14(2)8-19(27-23)17-7-5-4-6-16(17)11-25)12-15-9-18(24)22(20(31)10-15)30-13-21(32)28-35(30,33)34/h4-10,31,33-34H,3,12-13H2,1-2H3,(H,28,32). The smallest absolute Gasteiger partial charge is 0.260 e. The summed E-state index contributed by atoms with van der Waals surface area (Å²) in [5, 5.41) is 19.9. The largest absolute Gasteiger partial charge is 0.506 e. The first-order valence-electron chi connectivity index (χ1n) is 10.6. The highest BCUT2D eigenvalue weighted by Gasteiger charge is 2.38. The maximum atomic E-state index is 15.0. The fourth-order valence-corrected chi connectivity index (χ4v) is 5.04. The number of aromatic nitrogens is 2. The Kier molecular flexibility index (Phi) is 6.49. The minimum absolute atomic E-state index is 0.136. The Labute approximate surface area is 202 Å². The molecule has 0 spiro atoms. The molecule has 35 heavy (non-hydrogen) atoms. The summed E-state index contributed by atoms with van der Waals surface area (Å²) >= 11 is 0. The van der Waals surface area contributed by atoms with E-state index in [0.717, 1.165) is 6.07 Å². The fraction of sp³-hybridized carbons (Fsp3) is 0.217. The van der Waals surface area contributed by atoms with Crippen LogP contribution >= 0.6 is 11.0 Å². The van der Waals surface area contributed by atoms with E-state index < -0.39 is 40.7 Å². The highest BCUT2D eigenvalue weighted by Crippen LogP contribution is 2.49. The number of nitrogens with zero attached hydrogens (tertiary/aromatic N) is 5. The van der Waals surface area contributed by atoms with Crippen molar-refractivity contribution in [2.75, 3.05) is 22.3 Å². The van der Waals surface area contributed by atoms with E-state index in [1.54, 1.807) is 29.2 Å². The number of aryl methyl sites for hydroxylation is 1. The van der Waals surface area contributed by atoms with Crippen molar-refractivity contribution >= 4 is 28.5 Å². The Morgan fingerprint density at radius 2 is 2.00 bits per heavy atom. The van der Waals surface area contributed by atoms with Crippen molar-refractivity contribution < 1.29 is 23.4 Å². The summed E-state index contributed by atoms with van der Waals surface area (Å²) in [5.74, 6) is -1.79. The average molecular weight is 499 g/mol. The molecule has 1 aliphatic rings. The van der Waals surface area contributed by atoms with Gasteiger partial charge in [0.2, 0.25) is 5.95 Å². The number of anilines is 2. The number of benzene rings is 2. The molecule has 1 aromatic heterocycles. The van der Waals surface area contributed by atoms with Crippen LogP contribution in [0, 0.1) is 24.1 Å². The quantitative estimate of drug-likeness (QED) is 0.399. The Bertz CT molecular complexity index is 1320. The molecule has 0 radical (unpaired) electrons. The van der Waals surface area contributed by atoms with Gasteiger partial charge in [-0.05, 0) is 54.6 Å². The number of carbonyl (C=O) groups is 1. The molecule has 1 amide bonds. The van der Waals surface area contributed by atoms with Crippen LogP contribution in [0.1, 0.15) is 23.7 Å². The first kappa shape index (κ1) is 24.2. The molecule has 12 heteroatoms. The Hall–Kier alpha value is -3.92. The molecule has 2 aromatic carbocycles. The summed E-state index contributed by atoms with van der Waals surface area (Å²) in [5.41, 5.74) is 2.30. The predicted molar refractivity (Wildman–Crippen MR) is 130 cm³/mol. The summed E-state index contributed by atoms with van der Waals surface area (Å²) in [4.78, 5) is 22.5. The van der Waals surface area contributed by atoms with Crippen LogP contribution in [0.4, 0.5) is 16.0 Å². The zero-order valence-corrected chi connectivity index (χ0v) is 19.8. The molecule has 2 heterocycles. The maximum absolute atomic E-state index is 15.0. The van der Waals surface area contributed by atoms with Crippen LogP contribution in [-0.2, 0) is 11.3 Å². The zero-order valence-electron chi connectivity index (χ0n) is 18.9. The van der Waals surface area contributed by atoms with Gasteiger partial charge in [0.1, 0.15) is 18.0 Å². The number of hydrogen-bond donors (Lipinski definition) is 4. The molecule has 1 saturated heterocycles. The number of hydrogen-bond acceptors (Lipinski definition) is 9. The van der Waals surface area contributed by atoms with Crippen LogP contribution < -0.4 is 13.9 Å². The van der Waals surface area contributed by atoms with Crippen molar-refractivity contribution in [3.8, 4) is 23.1 Å². The van der Waals surface area contributed by atoms with Gasteiger partial charge in [0.05, 0.1) is 17.3 Å². The van der Waals surface area contributed by atoms with E-state index in [2.05, 4.69) is 16.0 Å². The number of nitrogens with one attached hydrogen (secondary N) is 1. The van der Waals surface area contributed by atoms with Crippen molar-refractivity contribution in [2.45, 2.75) is 20.4 Å². The second-order valence-electron chi connectivity index (χ2n) is 7.89. The third-order valence-corrected chi connectivity index (χ3v) is 6.83. The number of nitriles is 1. The molecule has 0 atom stereocenters. The summed E-state index contributed by atoms with van der Waals surface area (Å²) in [6.07, 6.45) is 0. The van der Waals surface area contributed by atoms with E-state index in [4.69, 9.17) is 0 Å². The number of carbonyl (C=O) groups excluding carboxylic acids is 1. The van der Waals surface area contributed by atoms with Gasteiger partial charge in [-0.2, -0.15) is 5.26 Å². The third-order valence-electron chi connectivity index (χ3n) is 5.40. The summed E-state index contributed by atoms with van der Waals surface area (Å²) in [6, 6.07) is 13.5. The molecule has 0 bridgehead atoms. The number of halogens is 1. The Morgan fingerprint density at radius 3 is 2.63 bits per heavy atom. The monoisotopic (exact) mass is 498 g/mol. The SMILES string of the molecule is CCN(Cc1cc(O)c(N2CC(=O)NS2(O)O)c(F)c1)c1nc(C)cc(-c2ccccc2C#N)n1. The van der Waals surface area contributed by atoms with Crippen molar-refractivity contribution in [1.82, 2.24) is 14.7 Å². The van der Waals surface area contributed by atoms with Gasteiger partial charge in [0.25, 0.3) is 5.91 Å². The topological polar surface area (TPSA) is 146 Å². The van der Waals surface area contributed by atoms with Crippen molar-refractivity contribution in [3.05, 3.63) is 65.1 Å². The van der Waals surface area contributed by atoms with E-state index in [1.165, 1.54) is 6.07 Å². The molecular formula is C23H23FN6O4S. The van der Waals surface area contributed by atoms with E-state index in [9.17, 15) is 28.7 Å². The number of phenols is 1. The number of amides is 1. The number of phenolic OH excluding ortho intramolecular Hbond substituents is 1. The lowest BCUT2D eigenvalue weighted by molar-refractivity contribution is -0.117. The lowest BCUT2D eigenvalue weighted by Gasteiger charge is -2.36. The summed E-state index contributed by atoms with van der Waals surface area (Å²) in [6.45, 7) is 3.77. The van der Waals surface area contributed by atoms with Crippen LogP contribution in [0.25, 0.3) is 11.3 Å². The zero-order chi connectivity index (χ0) is 25.3. The second-order valence-corrected chi connectivity index (χ2v) is 9.57. The molecule has 0 saturated carbocycles. The highest BCUT2D eigenvalue weighted by atomic mass is 32.3. The van der Waals surface area contributed by atoms with E-state index in [0.29, 0.717) is 44.9 Å². The molecule has 1 aliphatic heterocycles. The van der Waals surface area contributed by atoms with Gasteiger partial charge in [0.15, 0.2) is 5.82 Å². The minimum atomic E-state index is -3.78. The van der Waals surface area contributed by atoms with Crippen LogP contribution in [0.15, 0.2) is 42.5 Å². The molecular weight excluding hydrogens is 475 g/mol. The molecule has 1 fully saturated rings. The van der Waals surface area contributed by atoms with Gasteiger partial charge in [-0.25, -0.2) is 23.4 Å². The molecule has 4 N–H and O–H groups in total. The number of aromatic hydroxyl groups is 1. The molecule has 3 aromatic rings. The molecule has 0 unspecified atom stereocenters. The average Bonchev–Trinajstić information content (AvgIpc) is 3.07. The lowest BCUT2D eigenvalue weighted by atomic mass is 10.0. The van der Waals surface area contributed by atoms with E-state index in [1.807, 2.05) is 24.6 Å². The number of rotatable bonds is 6. The van der Waals surface area contributed by atoms with Crippen LogP contribution in [0.5, 0.6) is 5.75 Å². The molecule has 10 nitrogen and oxygen atoms in total. The van der Waals surface area contributed by atoms with E-state index in [-0.39, 0.29) is 6.54 Å². The van der Waals surface area contributed by atoms with Crippen LogP contribution in [-0.4, -0.2) is 43.2 Å². The third kappa shape index (κ3) is 4.83. The van der Waals surface area contributed by atoms with Gasteiger partial charge in [-0.3, -0.25) is 13.9 Å². The van der Waals surface area contributed by atoms with Crippen LogP contribution in [0.2, 0.25) is 0 Å². The lowest BCUT2D eigenvalue weighted by Crippen LogP contribution is -2.27. The first-order valence-corrected chi connectivity index (χ1v) is 12.1. The predicted octanol–water partition coefficient (Wildman–Crippen LogP) is 3.71. The van der Waals surface area contributed by atoms with E-state index >= 15 is 0 Å². The van der Waals surface area contributed by atoms with Gasteiger partial charge < -0.3 is 10.0 Å². The van der Waals surface area contributed by atoms with Gasteiger partial charge in [-0.15, -0.1) is 0 Å². The van der Waals surface area contributed by atoms with Crippen molar-refractivity contribution in [3.63, 3.8) is 0 Å². The second kappa shape index (κ2) is 9.38. The van der Waals surface area contributed by atoms with Crippen LogP contribution in [0.3, 0.4) is 0 Å². The van der Waals surface area contributed by atoms with Crippen molar-refractivity contribution in [1.29, 1.82) is 5.26 Å². The first-order chi connectivity index (χ1) is 16.6. The molecule has 182 valence electrons. The fourth-order valence-electron chi connectivity index (χ4n) is 3.82. The van der Waals surface area contributed by atoms with Gasteiger partial charge in [0, 0.05) is 24.3 Å². The van der Waals surface area contributed by atoms with Crippen molar-refractivity contribution in [2.24, 2.45) is 0 Å². The summed E-state index contributed by atoms with van der Waals surface area (Å²) in [7, 11) is -3.78. The Morgan fingerprint density at radius 1 is 1.26 bits per heavy atom. The Balaban J connectivity index is 1.66. The summed E-state index contributed by atoms with van der Waals surface area (Å²) < 4.78 is 37.7. The minimum Gasteiger partial charge on any atom is -0.506 e. The maximum Gasteiger partial charge on any atom is 0.260 e. The van der Waals surface area contributed by atoms with Gasteiger partial charge in [-0.1, -0.05) is 18.2 Å². The highest BCUT2D eigenvalue weighted by molar-refractivity contribution is 8.24. The van der Waals surface area contributed by atoms with Gasteiger partial charge >= 0.3 is 0 Å². The molecule has 4 rings (SSSR count). The molecule has 0 aliphatic carbocycles.